The lowest BCUT2D eigenvalue weighted by Crippen LogP contribution is -2.38. The Hall–Kier alpha value is -0.980. The van der Waals surface area contributed by atoms with E-state index in [1.807, 2.05) is 12.1 Å². The zero-order valence-electron chi connectivity index (χ0n) is 12.7. The number of hydrogen-bond donors (Lipinski definition) is 1. The van der Waals surface area contributed by atoms with Crippen LogP contribution in [0.5, 0.6) is 11.5 Å². The van der Waals surface area contributed by atoms with Crippen molar-refractivity contribution in [2.24, 2.45) is 5.92 Å². The first-order valence-electron chi connectivity index (χ1n) is 6.91. The van der Waals surface area contributed by atoms with Crippen LogP contribution < -0.4 is 9.47 Å². The van der Waals surface area contributed by atoms with Crippen LogP contribution in [0.4, 0.5) is 0 Å². The predicted molar refractivity (Wildman–Crippen MR) is 90.1 cm³/mol. The van der Waals surface area contributed by atoms with E-state index in [1.165, 1.54) is 0 Å². The number of benzene rings is 1. The molecule has 22 heavy (non-hydrogen) atoms. The lowest BCUT2D eigenvalue weighted by Gasteiger charge is -2.31. The molecule has 1 aromatic carbocycles. The monoisotopic (exact) mass is 393 g/mol. The second-order valence-electron chi connectivity index (χ2n) is 5.19. The van der Waals surface area contributed by atoms with Gasteiger partial charge in [0.25, 0.3) is 0 Å². The summed E-state index contributed by atoms with van der Waals surface area (Å²) in [7, 11) is 3.21. The molecule has 7 heteroatoms. The summed E-state index contributed by atoms with van der Waals surface area (Å²) in [6, 6.07) is 3.85. The molecular formula is C15H21BrClNO4. The third-order valence-corrected chi connectivity index (χ3v) is 4.68. The van der Waals surface area contributed by atoms with Gasteiger partial charge in [-0.1, -0.05) is 6.07 Å². The second-order valence-corrected chi connectivity index (χ2v) is 5.98. The van der Waals surface area contributed by atoms with Gasteiger partial charge in [0.1, 0.15) is 0 Å². The smallest absolute Gasteiger partial charge is 0.307 e. The van der Waals surface area contributed by atoms with Crippen LogP contribution >= 0.6 is 28.3 Å². The first-order chi connectivity index (χ1) is 10.1. The third kappa shape index (κ3) is 4.27. The summed E-state index contributed by atoms with van der Waals surface area (Å²) in [5, 5.41) is 9.15. The van der Waals surface area contributed by atoms with Crippen molar-refractivity contribution in [1.82, 2.24) is 4.90 Å². The Morgan fingerprint density at radius 1 is 1.41 bits per heavy atom. The zero-order chi connectivity index (χ0) is 15.4. The number of aliphatic carboxylic acids is 1. The fourth-order valence-corrected chi connectivity index (χ4v) is 3.31. The standard InChI is InChI=1S/C15H20BrNO4.ClH/c1-20-12-6-5-10(13(16)14(12)21-2)8-17-7-3-4-11(9-17)15(18)19;/h5-6,11H,3-4,7-9H2,1-2H3,(H,18,19);1H. The number of ether oxygens (including phenoxy) is 2. The number of methoxy groups -OCH3 is 2. The number of carbonyl (C=O) groups is 1. The van der Waals surface area contributed by atoms with Crippen LogP contribution in [0.2, 0.25) is 0 Å². The average molecular weight is 395 g/mol. The summed E-state index contributed by atoms with van der Waals surface area (Å²) in [4.78, 5) is 13.3. The van der Waals surface area contributed by atoms with Crippen molar-refractivity contribution >= 4 is 34.3 Å². The van der Waals surface area contributed by atoms with Gasteiger partial charge in [0, 0.05) is 13.1 Å². The van der Waals surface area contributed by atoms with E-state index in [9.17, 15) is 4.79 Å². The van der Waals surface area contributed by atoms with Gasteiger partial charge in [-0.15, -0.1) is 12.4 Å². The van der Waals surface area contributed by atoms with E-state index in [2.05, 4.69) is 20.8 Å². The Kier molecular flexibility index (Phi) is 7.45. The minimum absolute atomic E-state index is 0. The Labute approximate surface area is 145 Å². The van der Waals surface area contributed by atoms with E-state index in [0.29, 0.717) is 24.6 Å². The third-order valence-electron chi connectivity index (χ3n) is 3.81. The maximum absolute atomic E-state index is 11.1. The van der Waals surface area contributed by atoms with Crippen molar-refractivity contribution in [2.75, 3.05) is 27.3 Å². The number of rotatable bonds is 5. The Bertz CT molecular complexity index is 527. The number of carboxylic acids is 1. The molecule has 1 saturated heterocycles. The van der Waals surface area contributed by atoms with Crippen LogP contribution in [-0.4, -0.2) is 43.3 Å². The van der Waals surface area contributed by atoms with Crippen molar-refractivity contribution in [3.05, 3.63) is 22.2 Å². The molecular weight excluding hydrogens is 374 g/mol. The molecule has 0 saturated carbocycles. The maximum atomic E-state index is 11.1. The van der Waals surface area contributed by atoms with Crippen LogP contribution in [0.3, 0.4) is 0 Å². The van der Waals surface area contributed by atoms with Crippen LogP contribution in [0, 0.1) is 5.92 Å². The summed E-state index contributed by atoms with van der Waals surface area (Å²) < 4.78 is 11.5. The lowest BCUT2D eigenvalue weighted by molar-refractivity contribution is -0.143. The van der Waals surface area contributed by atoms with E-state index in [-0.39, 0.29) is 18.3 Å². The fraction of sp³-hybridized carbons (Fsp3) is 0.533. The topological polar surface area (TPSA) is 59.0 Å². The highest BCUT2D eigenvalue weighted by Crippen LogP contribution is 2.38. The highest BCUT2D eigenvalue weighted by Gasteiger charge is 2.26. The molecule has 0 bridgehead atoms. The molecule has 0 amide bonds. The quantitative estimate of drug-likeness (QED) is 0.831. The lowest BCUT2D eigenvalue weighted by atomic mass is 9.98. The van der Waals surface area contributed by atoms with Gasteiger partial charge in [-0.05, 0) is 46.9 Å². The number of carboxylic acid groups (broad SMARTS) is 1. The number of halogens is 2. The van der Waals surface area contributed by atoms with Crippen LogP contribution in [0.1, 0.15) is 18.4 Å². The molecule has 1 heterocycles. The summed E-state index contributed by atoms with van der Waals surface area (Å²) in [6.07, 6.45) is 1.68. The van der Waals surface area contributed by atoms with Crippen LogP contribution in [0.25, 0.3) is 0 Å². The average Bonchev–Trinajstić information content (AvgIpc) is 2.49. The SMILES string of the molecule is COc1ccc(CN2CCCC(C(=O)O)C2)c(Br)c1OC.Cl. The molecule has 2 rings (SSSR count). The zero-order valence-corrected chi connectivity index (χ0v) is 15.1. The Morgan fingerprint density at radius 3 is 2.73 bits per heavy atom. The normalized spacial score (nSPS) is 18.4. The molecule has 124 valence electrons. The second kappa shape index (κ2) is 8.60. The highest BCUT2D eigenvalue weighted by molar-refractivity contribution is 9.10. The number of piperidine rings is 1. The first-order valence-corrected chi connectivity index (χ1v) is 7.70. The van der Waals surface area contributed by atoms with Crippen molar-refractivity contribution < 1.29 is 19.4 Å². The summed E-state index contributed by atoms with van der Waals surface area (Å²) in [5.74, 6) is 0.376. The minimum Gasteiger partial charge on any atom is -0.493 e. The summed E-state index contributed by atoms with van der Waals surface area (Å²) in [6.45, 7) is 2.21. The molecule has 1 aromatic rings. The molecule has 0 radical (unpaired) electrons. The van der Waals surface area contributed by atoms with Crippen molar-refractivity contribution in [3.63, 3.8) is 0 Å². The van der Waals surface area contributed by atoms with Gasteiger partial charge >= 0.3 is 5.97 Å². The van der Waals surface area contributed by atoms with E-state index >= 15 is 0 Å². The molecule has 0 spiro atoms. The van der Waals surface area contributed by atoms with Crippen molar-refractivity contribution in [2.45, 2.75) is 19.4 Å². The molecule has 1 unspecified atom stereocenters. The van der Waals surface area contributed by atoms with E-state index < -0.39 is 5.97 Å². The van der Waals surface area contributed by atoms with Gasteiger partial charge in [-0.3, -0.25) is 9.69 Å². The van der Waals surface area contributed by atoms with E-state index in [4.69, 9.17) is 14.6 Å². The molecule has 1 aliphatic heterocycles. The van der Waals surface area contributed by atoms with Gasteiger partial charge < -0.3 is 14.6 Å². The summed E-state index contributed by atoms with van der Waals surface area (Å²) in [5.41, 5.74) is 1.07. The highest BCUT2D eigenvalue weighted by atomic mass is 79.9. The molecule has 0 aromatic heterocycles. The van der Waals surface area contributed by atoms with Gasteiger partial charge in [0.05, 0.1) is 24.6 Å². The van der Waals surface area contributed by atoms with Crippen molar-refractivity contribution in [1.29, 1.82) is 0 Å². The summed E-state index contributed by atoms with van der Waals surface area (Å²) >= 11 is 3.56. The fourth-order valence-electron chi connectivity index (χ4n) is 2.69. The molecule has 1 N–H and O–H groups in total. The molecule has 1 atom stereocenters. The maximum Gasteiger partial charge on any atom is 0.307 e. The Morgan fingerprint density at radius 2 is 2.14 bits per heavy atom. The van der Waals surface area contributed by atoms with Gasteiger partial charge in [0.2, 0.25) is 0 Å². The molecule has 1 fully saturated rings. The number of nitrogens with zero attached hydrogens (tertiary/aromatic N) is 1. The van der Waals surface area contributed by atoms with Gasteiger partial charge in [-0.2, -0.15) is 0 Å². The molecule has 1 aliphatic rings. The number of hydrogen-bond acceptors (Lipinski definition) is 4. The number of likely N-dealkylation sites (tertiary alicyclic amines) is 1. The largest absolute Gasteiger partial charge is 0.493 e. The van der Waals surface area contributed by atoms with Gasteiger partial charge in [-0.25, -0.2) is 0 Å². The minimum atomic E-state index is -0.703. The van der Waals surface area contributed by atoms with Crippen molar-refractivity contribution in [3.8, 4) is 11.5 Å². The van der Waals surface area contributed by atoms with Gasteiger partial charge in [0.15, 0.2) is 11.5 Å². The first kappa shape index (κ1) is 19.1. The van der Waals surface area contributed by atoms with E-state index in [0.717, 1.165) is 29.4 Å². The van der Waals surface area contributed by atoms with E-state index in [1.54, 1.807) is 14.2 Å². The Balaban J connectivity index is 0.00000242. The predicted octanol–water partition coefficient (Wildman–Crippen LogP) is 3.18. The van der Waals surface area contributed by atoms with Crippen LogP contribution in [0.15, 0.2) is 16.6 Å². The van der Waals surface area contributed by atoms with Crippen LogP contribution in [-0.2, 0) is 11.3 Å². The molecule has 0 aliphatic carbocycles. The molecule has 5 nitrogen and oxygen atoms in total.